The van der Waals surface area contributed by atoms with Gasteiger partial charge in [0.05, 0.1) is 12.7 Å². The molecule has 1 rings (SSSR count). The van der Waals surface area contributed by atoms with Gasteiger partial charge in [0.15, 0.2) is 6.10 Å². The molecule has 0 aromatic heterocycles. The summed E-state index contributed by atoms with van der Waals surface area (Å²) in [5.74, 6) is -1.18. The summed E-state index contributed by atoms with van der Waals surface area (Å²) in [5, 5.41) is 59.9. The van der Waals surface area contributed by atoms with Crippen molar-refractivity contribution in [3.63, 3.8) is 0 Å². The molecule has 14 nitrogen and oxygen atoms in total. The number of esters is 2. The summed E-state index contributed by atoms with van der Waals surface area (Å²) >= 11 is 0. The average molecular weight is 903 g/mol. The average Bonchev–Trinajstić information content (AvgIpc) is 3.24. The molecule has 0 radical (unpaired) electrons. The van der Waals surface area contributed by atoms with Gasteiger partial charge in [-0.05, 0) is 51.4 Å². The largest absolute Gasteiger partial charge is 0.472 e. The van der Waals surface area contributed by atoms with E-state index in [4.69, 9.17) is 18.5 Å². The van der Waals surface area contributed by atoms with E-state index in [1.807, 2.05) is 24.3 Å². The summed E-state index contributed by atoms with van der Waals surface area (Å²) in [6.07, 6.45) is 26.6. The van der Waals surface area contributed by atoms with Gasteiger partial charge in [0.1, 0.15) is 43.2 Å². The van der Waals surface area contributed by atoms with E-state index in [0.717, 1.165) is 51.4 Å². The Morgan fingerprint density at radius 1 is 0.565 bits per heavy atom. The predicted octanol–water partition coefficient (Wildman–Crippen LogP) is 8.14. The Morgan fingerprint density at radius 3 is 1.53 bits per heavy atom. The number of carbonyl (C=O) groups is 2. The SMILES string of the molecule is CCCCCCCCCCCCCCCCCC(=O)OC[C@H](COP(=O)(O)OC1[C@H](O)[C@H](O)C(O)[C@H](O)[C@H]1O)OC(=O)CCC/C=C\C/C=C\C/C=C\C/C=C\CC(O)CCC. The lowest BCUT2D eigenvalue weighted by Crippen LogP contribution is -2.64. The topological polar surface area (TPSA) is 230 Å². The Balaban J connectivity index is 2.50. The summed E-state index contributed by atoms with van der Waals surface area (Å²) < 4.78 is 33.5. The number of phosphoric acid groups is 1. The first-order chi connectivity index (χ1) is 29.8. The second-order valence-electron chi connectivity index (χ2n) is 16.4. The Kier molecular flexibility index (Phi) is 34.5. The number of ether oxygens (including phenoxy) is 2. The Hall–Kier alpha value is -2.23. The highest BCUT2D eigenvalue weighted by molar-refractivity contribution is 7.47. The zero-order chi connectivity index (χ0) is 45.9. The van der Waals surface area contributed by atoms with E-state index in [1.165, 1.54) is 70.6 Å². The number of carbonyl (C=O) groups excluding carboxylic acids is 2. The van der Waals surface area contributed by atoms with Gasteiger partial charge < -0.3 is 45.0 Å². The van der Waals surface area contributed by atoms with Gasteiger partial charge in [-0.25, -0.2) is 4.57 Å². The van der Waals surface area contributed by atoms with E-state index in [0.29, 0.717) is 25.7 Å². The van der Waals surface area contributed by atoms with Crippen LogP contribution in [-0.2, 0) is 32.7 Å². The fourth-order valence-corrected chi connectivity index (χ4v) is 7.91. The highest BCUT2D eigenvalue weighted by Gasteiger charge is 2.51. The third-order valence-corrected chi connectivity index (χ3v) is 11.7. The van der Waals surface area contributed by atoms with Gasteiger partial charge in [0.2, 0.25) is 0 Å². The molecule has 0 aromatic rings. The fraction of sp³-hybridized carbons (Fsp3) is 0.787. The Bertz CT molecular complexity index is 1290. The quantitative estimate of drug-likeness (QED) is 0.0134. The zero-order valence-corrected chi connectivity index (χ0v) is 38.7. The standard InChI is InChI=1S/C47H83O14P/c1-3-5-6-7-8-9-10-11-12-15-18-21-24-27-30-34-40(49)58-36-39(37-59-62(56,57)61-47-45(54)43(52)42(51)44(53)46(47)55)60-41(50)35-31-28-25-22-19-16-13-14-17-20-23-26-29-33-38(48)32-4-2/h13,16-17,20,22,25-26,29,38-39,42-48,51-55H,3-12,14-15,18-19,21,23-24,27-28,30-37H2,1-2H3,(H,56,57)/b16-13-,20-17-,25-22-,29-26-/t38?,39-,42?,43-,44+,45-,46-,47?/m1/s1. The van der Waals surface area contributed by atoms with E-state index >= 15 is 0 Å². The van der Waals surface area contributed by atoms with Gasteiger partial charge in [-0.3, -0.25) is 18.6 Å². The molecule has 360 valence electrons. The van der Waals surface area contributed by atoms with Crippen molar-refractivity contribution in [1.82, 2.24) is 0 Å². The molecule has 15 heteroatoms. The summed E-state index contributed by atoms with van der Waals surface area (Å²) in [7, 11) is -5.14. The molecule has 1 saturated carbocycles. The molecular weight excluding hydrogens is 819 g/mol. The molecule has 0 spiro atoms. The van der Waals surface area contributed by atoms with Crippen LogP contribution in [0.3, 0.4) is 0 Å². The Morgan fingerprint density at radius 2 is 1.02 bits per heavy atom. The van der Waals surface area contributed by atoms with Gasteiger partial charge >= 0.3 is 19.8 Å². The Labute approximate surface area is 372 Å². The number of aliphatic hydroxyl groups is 6. The van der Waals surface area contributed by atoms with Crippen molar-refractivity contribution in [2.75, 3.05) is 13.2 Å². The molecule has 1 aliphatic rings. The number of aliphatic hydroxyl groups excluding tert-OH is 6. The minimum Gasteiger partial charge on any atom is -0.462 e. The third-order valence-electron chi connectivity index (χ3n) is 10.7. The van der Waals surface area contributed by atoms with Crippen LogP contribution in [0.15, 0.2) is 48.6 Å². The molecule has 1 aliphatic carbocycles. The van der Waals surface area contributed by atoms with Crippen LogP contribution < -0.4 is 0 Å². The lowest BCUT2D eigenvalue weighted by Gasteiger charge is -2.41. The summed E-state index contributed by atoms with van der Waals surface area (Å²) in [4.78, 5) is 35.7. The molecule has 0 aromatic carbocycles. The van der Waals surface area contributed by atoms with Crippen LogP contribution in [0.5, 0.6) is 0 Å². The smallest absolute Gasteiger partial charge is 0.462 e. The molecule has 9 atom stereocenters. The highest BCUT2D eigenvalue weighted by atomic mass is 31.2. The number of unbranched alkanes of at least 4 members (excludes halogenated alkanes) is 15. The van der Waals surface area contributed by atoms with E-state index in [-0.39, 0.29) is 18.9 Å². The number of hydrogen-bond donors (Lipinski definition) is 7. The summed E-state index contributed by atoms with van der Waals surface area (Å²) in [6, 6.07) is 0. The number of rotatable bonds is 38. The maximum Gasteiger partial charge on any atom is 0.472 e. The van der Waals surface area contributed by atoms with Gasteiger partial charge in [0.25, 0.3) is 0 Å². The van der Waals surface area contributed by atoms with Crippen LogP contribution in [0.4, 0.5) is 0 Å². The van der Waals surface area contributed by atoms with Gasteiger partial charge in [-0.1, -0.05) is 159 Å². The zero-order valence-electron chi connectivity index (χ0n) is 37.8. The second-order valence-corrected chi connectivity index (χ2v) is 17.9. The van der Waals surface area contributed by atoms with Crippen LogP contribution in [0, 0.1) is 0 Å². The lowest BCUT2D eigenvalue weighted by atomic mass is 9.85. The van der Waals surface area contributed by atoms with Crippen LogP contribution in [-0.4, -0.2) is 110 Å². The summed E-state index contributed by atoms with van der Waals surface area (Å²) in [6.45, 7) is 3.06. The van der Waals surface area contributed by atoms with Crippen LogP contribution in [0.1, 0.15) is 174 Å². The van der Waals surface area contributed by atoms with Crippen molar-refractivity contribution in [2.45, 2.75) is 223 Å². The lowest BCUT2D eigenvalue weighted by molar-refractivity contribution is -0.220. The summed E-state index contributed by atoms with van der Waals surface area (Å²) in [5.41, 5.74) is 0. The van der Waals surface area contributed by atoms with Crippen LogP contribution in [0.25, 0.3) is 0 Å². The molecule has 0 bridgehead atoms. The number of allylic oxidation sites excluding steroid dienone is 7. The fourth-order valence-electron chi connectivity index (χ4n) is 6.94. The van der Waals surface area contributed by atoms with E-state index in [9.17, 15) is 49.7 Å². The van der Waals surface area contributed by atoms with Gasteiger partial charge in [-0.15, -0.1) is 0 Å². The molecule has 0 amide bonds. The minimum atomic E-state index is -5.14. The first-order valence-electron chi connectivity index (χ1n) is 23.5. The maximum atomic E-state index is 12.8. The van der Waals surface area contributed by atoms with Crippen molar-refractivity contribution >= 4 is 19.8 Å². The van der Waals surface area contributed by atoms with Crippen molar-refractivity contribution < 1.29 is 68.2 Å². The predicted molar refractivity (Wildman–Crippen MR) is 241 cm³/mol. The van der Waals surface area contributed by atoms with Crippen molar-refractivity contribution in [3.05, 3.63) is 48.6 Å². The van der Waals surface area contributed by atoms with Crippen LogP contribution >= 0.6 is 7.82 Å². The molecule has 4 unspecified atom stereocenters. The highest BCUT2D eigenvalue weighted by Crippen LogP contribution is 2.47. The normalized spacial score (nSPS) is 22.8. The van der Waals surface area contributed by atoms with E-state index < -0.39 is 75.7 Å². The maximum absolute atomic E-state index is 12.8. The van der Waals surface area contributed by atoms with Crippen LogP contribution in [0.2, 0.25) is 0 Å². The number of hydrogen-bond acceptors (Lipinski definition) is 13. The first-order valence-corrected chi connectivity index (χ1v) is 25.0. The second kappa shape index (κ2) is 37.0. The van der Waals surface area contributed by atoms with Crippen molar-refractivity contribution in [3.8, 4) is 0 Å². The third kappa shape index (κ3) is 29.3. The van der Waals surface area contributed by atoms with E-state index in [2.05, 4.69) is 38.2 Å². The van der Waals surface area contributed by atoms with Gasteiger partial charge in [0, 0.05) is 12.8 Å². The molecule has 0 saturated heterocycles. The molecule has 7 N–H and O–H groups in total. The molecule has 62 heavy (non-hydrogen) atoms. The molecule has 0 heterocycles. The molecule has 1 fully saturated rings. The molecule has 0 aliphatic heterocycles. The van der Waals surface area contributed by atoms with E-state index in [1.54, 1.807) is 0 Å². The first kappa shape index (κ1) is 57.8. The van der Waals surface area contributed by atoms with Crippen molar-refractivity contribution in [2.24, 2.45) is 0 Å². The molecular formula is C47H83O14P. The number of phosphoric ester groups is 1. The van der Waals surface area contributed by atoms with Gasteiger partial charge in [-0.2, -0.15) is 0 Å². The van der Waals surface area contributed by atoms with Crippen molar-refractivity contribution in [1.29, 1.82) is 0 Å². The monoisotopic (exact) mass is 903 g/mol. The minimum absolute atomic E-state index is 0.00635.